The maximum absolute atomic E-state index is 5.91. The summed E-state index contributed by atoms with van der Waals surface area (Å²) in [7, 11) is 0. The monoisotopic (exact) mass is 220 g/mol. The Labute approximate surface area is 97.0 Å². The largest absolute Gasteiger partial charge is 0.474 e. The van der Waals surface area contributed by atoms with Gasteiger partial charge in [0, 0.05) is 18.3 Å². The summed E-state index contributed by atoms with van der Waals surface area (Å²) in [6.07, 6.45) is 6.57. The predicted octanol–water partition coefficient (Wildman–Crippen LogP) is 2.56. The molecule has 1 aliphatic carbocycles. The summed E-state index contributed by atoms with van der Waals surface area (Å²) in [6.45, 7) is 2.53. The van der Waals surface area contributed by atoms with Crippen LogP contribution in [0.2, 0.25) is 0 Å². The van der Waals surface area contributed by atoms with Crippen LogP contribution in [0.25, 0.3) is 0 Å². The summed E-state index contributed by atoms with van der Waals surface area (Å²) in [5.41, 5.74) is 7.71. The minimum absolute atomic E-state index is 0.355. The Balaban J connectivity index is 2.04. The van der Waals surface area contributed by atoms with Crippen LogP contribution in [0.15, 0.2) is 12.1 Å². The van der Waals surface area contributed by atoms with Crippen molar-refractivity contribution in [1.82, 2.24) is 4.98 Å². The van der Waals surface area contributed by atoms with Gasteiger partial charge in [-0.05, 0) is 44.2 Å². The van der Waals surface area contributed by atoms with Crippen molar-refractivity contribution in [2.75, 3.05) is 0 Å². The van der Waals surface area contributed by atoms with E-state index in [-0.39, 0.29) is 0 Å². The summed E-state index contributed by atoms with van der Waals surface area (Å²) in [5.74, 6) is 0.743. The number of hydrogen-bond acceptors (Lipinski definition) is 3. The standard InChI is InChI=1S/C13H20N2O/c1-10-7-11(9-14)8-13(15-10)16-12-5-3-2-4-6-12/h7-8,12H,2-6,9,14H2,1H3. The second kappa shape index (κ2) is 5.30. The van der Waals surface area contributed by atoms with Gasteiger partial charge in [0.15, 0.2) is 0 Å². The number of aromatic nitrogens is 1. The number of hydrogen-bond donors (Lipinski definition) is 1. The highest BCUT2D eigenvalue weighted by Crippen LogP contribution is 2.23. The van der Waals surface area contributed by atoms with Crippen molar-refractivity contribution in [3.05, 3.63) is 23.4 Å². The fraction of sp³-hybridized carbons (Fsp3) is 0.615. The van der Waals surface area contributed by atoms with E-state index in [0.29, 0.717) is 12.6 Å². The molecule has 3 nitrogen and oxygen atoms in total. The van der Waals surface area contributed by atoms with Crippen LogP contribution >= 0.6 is 0 Å². The third-order valence-corrected chi connectivity index (χ3v) is 3.07. The predicted molar refractivity (Wildman–Crippen MR) is 64.4 cm³/mol. The fourth-order valence-electron chi connectivity index (χ4n) is 2.24. The van der Waals surface area contributed by atoms with Crippen molar-refractivity contribution in [3.8, 4) is 5.88 Å². The zero-order valence-corrected chi connectivity index (χ0v) is 9.91. The molecule has 0 aromatic carbocycles. The van der Waals surface area contributed by atoms with Crippen LogP contribution in [0.1, 0.15) is 43.4 Å². The molecule has 1 aromatic heterocycles. The first kappa shape index (κ1) is 11.4. The van der Waals surface area contributed by atoms with Crippen LogP contribution in [0.3, 0.4) is 0 Å². The van der Waals surface area contributed by atoms with E-state index in [9.17, 15) is 0 Å². The Morgan fingerprint density at radius 1 is 1.31 bits per heavy atom. The molecule has 88 valence electrons. The Kier molecular flexibility index (Phi) is 3.78. The topological polar surface area (TPSA) is 48.1 Å². The lowest BCUT2D eigenvalue weighted by atomic mass is 9.98. The quantitative estimate of drug-likeness (QED) is 0.851. The molecule has 0 atom stereocenters. The van der Waals surface area contributed by atoms with E-state index in [4.69, 9.17) is 10.5 Å². The van der Waals surface area contributed by atoms with Gasteiger partial charge < -0.3 is 10.5 Å². The van der Waals surface area contributed by atoms with Gasteiger partial charge in [0.1, 0.15) is 6.10 Å². The van der Waals surface area contributed by atoms with Gasteiger partial charge in [0.2, 0.25) is 5.88 Å². The van der Waals surface area contributed by atoms with E-state index in [1.165, 1.54) is 19.3 Å². The number of rotatable bonds is 3. The van der Waals surface area contributed by atoms with Gasteiger partial charge in [-0.15, -0.1) is 0 Å². The molecule has 2 N–H and O–H groups in total. The molecule has 3 heteroatoms. The van der Waals surface area contributed by atoms with Crippen LogP contribution < -0.4 is 10.5 Å². The molecular weight excluding hydrogens is 200 g/mol. The molecule has 1 aliphatic rings. The Bertz CT molecular complexity index is 346. The lowest BCUT2D eigenvalue weighted by Gasteiger charge is -2.22. The number of ether oxygens (including phenoxy) is 1. The van der Waals surface area contributed by atoms with Crippen LogP contribution in [0.4, 0.5) is 0 Å². The number of nitrogens with zero attached hydrogens (tertiary/aromatic N) is 1. The highest BCUT2D eigenvalue weighted by atomic mass is 16.5. The maximum atomic E-state index is 5.91. The van der Waals surface area contributed by atoms with Gasteiger partial charge in [0.05, 0.1) is 0 Å². The Morgan fingerprint density at radius 3 is 2.75 bits per heavy atom. The SMILES string of the molecule is Cc1cc(CN)cc(OC2CCCCC2)n1. The molecule has 2 rings (SSSR count). The smallest absolute Gasteiger partial charge is 0.214 e. The lowest BCUT2D eigenvalue weighted by molar-refractivity contribution is 0.148. The van der Waals surface area contributed by atoms with Gasteiger partial charge in [-0.25, -0.2) is 4.98 Å². The molecule has 1 saturated carbocycles. The van der Waals surface area contributed by atoms with Gasteiger partial charge in [-0.3, -0.25) is 0 Å². The van der Waals surface area contributed by atoms with Gasteiger partial charge in [-0.1, -0.05) is 6.42 Å². The molecule has 1 aromatic rings. The van der Waals surface area contributed by atoms with E-state index in [1.807, 2.05) is 19.1 Å². The summed E-state index contributed by atoms with van der Waals surface area (Å²) < 4.78 is 5.91. The second-order valence-electron chi connectivity index (χ2n) is 4.54. The molecule has 1 fully saturated rings. The van der Waals surface area contributed by atoms with Crippen molar-refractivity contribution in [3.63, 3.8) is 0 Å². The molecule has 0 amide bonds. The summed E-state index contributed by atoms with van der Waals surface area (Å²) in [6, 6.07) is 3.97. The Morgan fingerprint density at radius 2 is 2.06 bits per heavy atom. The molecule has 0 unspecified atom stereocenters. The number of pyridine rings is 1. The maximum Gasteiger partial charge on any atom is 0.214 e. The highest BCUT2D eigenvalue weighted by molar-refractivity contribution is 5.24. The lowest BCUT2D eigenvalue weighted by Crippen LogP contribution is -2.20. The van der Waals surface area contributed by atoms with Crippen molar-refractivity contribution in [2.24, 2.45) is 5.73 Å². The van der Waals surface area contributed by atoms with Crippen molar-refractivity contribution >= 4 is 0 Å². The zero-order chi connectivity index (χ0) is 11.4. The fourth-order valence-corrected chi connectivity index (χ4v) is 2.24. The van der Waals surface area contributed by atoms with E-state index < -0.39 is 0 Å². The number of nitrogens with two attached hydrogens (primary N) is 1. The Hall–Kier alpha value is -1.09. The average molecular weight is 220 g/mol. The highest BCUT2D eigenvalue weighted by Gasteiger charge is 2.15. The van der Waals surface area contributed by atoms with Gasteiger partial charge >= 0.3 is 0 Å². The second-order valence-corrected chi connectivity index (χ2v) is 4.54. The molecular formula is C13H20N2O. The van der Waals surface area contributed by atoms with Crippen LogP contribution in [0.5, 0.6) is 5.88 Å². The zero-order valence-electron chi connectivity index (χ0n) is 9.91. The third kappa shape index (κ3) is 2.95. The van der Waals surface area contributed by atoms with Crippen molar-refractivity contribution in [2.45, 2.75) is 51.7 Å². The van der Waals surface area contributed by atoms with E-state index in [1.54, 1.807) is 0 Å². The average Bonchev–Trinajstić information content (AvgIpc) is 2.29. The number of aryl methyl sites for hydroxylation is 1. The molecule has 0 spiro atoms. The minimum atomic E-state index is 0.355. The van der Waals surface area contributed by atoms with E-state index >= 15 is 0 Å². The molecule has 0 saturated heterocycles. The summed E-state index contributed by atoms with van der Waals surface area (Å²) >= 11 is 0. The van der Waals surface area contributed by atoms with E-state index in [0.717, 1.165) is 30.0 Å². The van der Waals surface area contributed by atoms with Crippen LogP contribution in [-0.2, 0) is 6.54 Å². The normalized spacial score (nSPS) is 17.4. The van der Waals surface area contributed by atoms with E-state index in [2.05, 4.69) is 4.98 Å². The van der Waals surface area contributed by atoms with Gasteiger partial charge in [-0.2, -0.15) is 0 Å². The first-order valence-corrected chi connectivity index (χ1v) is 6.12. The first-order chi connectivity index (χ1) is 7.78. The molecule has 1 heterocycles. The van der Waals surface area contributed by atoms with Gasteiger partial charge in [0.25, 0.3) is 0 Å². The summed E-state index contributed by atoms with van der Waals surface area (Å²) in [5, 5.41) is 0. The van der Waals surface area contributed by atoms with Crippen LogP contribution in [-0.4, -0.2) is 11.1 Å². The molecule has 0 aliphatic heterocycles. The minimum Gasteiger partial charge on any atom is -0.474 e. The van der Waals surface area contributed by atoms with Crippen molar-refractivity contribution < 1.29 is 4.74 Å². The molecule has 0 radical (unpaired) electrons. The molecule has 0 bridgehead atoms. The molecule has 16 heavy (non-hydrogen) atoms. The van der Waals surface area contributed by atoms with Crippen molar-refractivity contribution in [1.29, 1.82) is 0 Å². The first-order valence-electron chi connectivity index (χ1n) is 6.12. The third-order valence-electron chi connectivity index (χ3n) is 3.07. The summed E-state index contributed by atoms with van der Waals surface area (Å²) in [4.78, 5) is 4.40. The van der Waals surface area contributed by atoms with Crippen LogP contribution in [0, 0.1) is 6.92 Å².